The van der Waals surface area contributed by atoms with Gasteiger partial charge in [0, 0.05) is 0 Å². The normalized spacial score (nSPS) is 11.4. The number of rotatable bonds is 4. The molecule has 0 amide bonds. The van der Waals surface area contributed by atoms with Crippen molar-refractivity contribution in [2.45, 2.75) is 20.4 Å². The van der Waals surface area contributed by atoms with Crippen LogP contribution in [0, 0.1) is 13.8 Å². The predicted molar refractivity (Wildman–Crippen MR) is 113 cm³/mol. The third kappa shape index (κ3) is 2.63. The molecule has 2 aromatic heterocycles. The molecule has 0 fully saturated rings. The Bertz CT molecular complexity index is 1190. The van der Waals surface area contributed by atoms with Crippen LogP contribution in [0.3, 0.4) is 0 Å². The highest BCUT2D eigenvalue weighted by Gasteiger charge is 2.20. The lowest BCUT2D eigenvalue weighted by molar-refractivity contribution is 0.508. The average molecular weight is 367 g/mol. The van der Waals surface area contributed by atoms with Crippen LogP contribution in [0.1, 0.15) is 17.2 Å². The van der Waals surface area contributed by atoms with Gasteiger partial charge in [-0.1, -0.05) is 54.6 Å². The van der Waals surface area contributed by atoms with Crippen molar-refractivity contribution in [2.24, 2.45) is 0 Å². The van der Waals surface area contributed by atoms with Gasteiger partial charge in [0.15, 0.2) is 0 Å². The average Bonchev–Trinajstić information content (AvgIpc) is 3.22. The molecule has 28 heavy (non-hydrogen) atoms. The molecule has 0 bridgehead atoms. The monoisotopic (exact) mass is 367 g/mol. The fourth-order valence-corrected chi connectivity index (χ4v) is 3.83. The van der Waals surface area contributed by atoms with E-state index in [1.54, 1.807) is 0 Å². The summed E-state index contributed by atoms with van der Waals surface area (Å²) in [5.41, 5.74) is 5.35. The van der Waals surface area contributed by atoms with Crippen LogP contribution in [0.2, 0.25) is 0 Å². The first-order valence-corrected chi connectivity index (χ1v) is 9.42. The molecule has 0 atom stereocenters. The van der Waals surface area contributed by atoms with Crippen LogP contribution < -0.4 is 5.12 Å². The number of imidazole rings is 2. The first kappa shape index (κ1) is 16.6. The summed E-state index contributed by atoms with van der Waals surface area (Å²) >= 11 is 0. The van der Waals surface area contributed by atoms with E-state index in [0.717, 1.165) is 33.7 Å². The van der Waals surface area contributed by atoms with Crippen LogP contribution in [0.25, 0.3) is 22.1 Å². The van der Waals surface area contributed by atoms with Crippen molar-refractivity contribution in [3.8, 4) is 0 Å². The highest BCUT2D eigenvalue weighted by atomic mass is 15.8. The minimum Gasteiger partial charge on any atom is -0.232 e. The second-order valence-corrected chi connectivity index (χ2v) is 6.94. The van der Waals surface area contributed by atoms with Gasteiger partial charge in [0.1, 0.15) is 11.6 Å². The standard InChI is InChI=1S/C23H21N5/c1-17-24-20-12-6-8-14-22(20)27(17)26(16-19-10-4-3-5-11-19)28-18(2)25-21-13-7-9-15-23(21)28/h3-15H,16H2,1-2H3. The minimum absolute atomic E-state index is 0.698. The largest absolute Gasteiger partial charge is 0.232 e. The van der Waals surface area contributed by atoms with Crippen molar-refractivity contribution in [1.82, 2.24) is 19.3 Å². The third-order valence-corrected chi connectivity index (χ3v) is 5.03. The van der Waals surface area contributed by atoms with Crippen molar-refractivity contribution in [2.75, 3.05) is 5.12 Å². The summed E-state index contributed by atoms with van der Waals surface area (Å²) in [5, 5.41) is 2.23. The van der Waals surface area contributed by atoms with Crippen molar-refractivity contribution in [3.05, 3.63) is 96.1 Å². The van der Waals surface area contributed by atoms with E-state index in [-0.39, 0.29) is 0 Å². The molecule has 0 aliphatic heterocycles. The Morgan fingerprint density at radius 1 is 0.643 bits per heavy atom. The molecule has 5 nitrogen and oxygen atoms in total. The first-order valence-electron chi connectivity index (χ1n) is 9.42. The molecule has 0 radical (unpaired) electrons. The maximum absolute atomic E-state index is 4.78. The number of benzene rings is 3. The lowest BCUT2D eigenvalue weighted by Gasteiger charge is -2.30. The summed E-state index contributed by atoms with van der Waals surface area (Å²) < 4.78 is 4.37. The molecular formula is C23H21N5. The van der Waals surface area contributed by atoms with Crippen LogP contribution in [0.5, 0.6) is 0 Å². The molecule has 0 spiro atoms. The topological polar surface area (TPSA) is 38.9 Å². The summed E-state index contributed by atoms with van der Waals surface area (Å²) in [6, 6.07) is 27.0. The van der Waals surface area contributed by atoms with Crippen molar-refractivity contribution < 1.29 is 0 Å². The maximum Gasteiger partial charge on any atom is 0.127 e. The summed E-state index contributed by atoms with van der Waals surface area (Å²) in [6.07, 6.45) is 0. The van der Waals surface area contributed by atoms with Gasteiger partial charge >= 0.3 is 0 Å². The first-order chi connectivity index (χ1) is 13.7. The number of aromatic nitrogens is 4. The van der Waals surface area contributed by atoms with E-state index < -0.39 is 0 Å². The molecule has 138 valence electrons. The highest BCUT2D eigenvalue weighted by Crippen LogP contribution is 2.22. The Morgan fingerprint density at radius 3 is 1.64 bits per heavy atom. The van der Waals surface area contributed by atoms with Crippen molar-refractivity contribution >= 4 is 22.1 Å². The molecule has 5 rings (SSSR count). The van der Waals surface area contributed by atoms with Crippen LogP contribution >= 0.6 is 0 Å². The Kier molecular flexibility index (Phi) is 3.86. The Balaban J connectivity index is 1.78. The number of nitrogens with zero attached hydrogens (tertiary/aromatic N) is 5. The number of aryl methyl sites for hydroxylation is 2. The SMILES string of the molecule is Cc1nc2ccccc2n1N(Cc1ccccc1)n1c(C)nc2ccccc21. The Hall–Kier alpha value is -3.60. The molecule has 0 aliphatic rings. The molecule has 5 heteroatoms. The highest BCUT2D eigenvalue weighted by molar-refractivity contribution is 5.78. The van der Waals surface area contributed by atoms with E-state index in [1.165, 1.54) is 5.56 Å². The lowest BCUT2D eigenvalue weighted by atomic mass is 10.2. The second kappa shape index (κ2) is 6.53. The zero-order valence-corrected chi connectivity index (χ0v) is 15.9. The van der Waals surface area contributed by atoms with Gasteiger partial charge in [0.25, 0.3) is 0 Å². The molecule has 0 N–H and O–H groups in total. The fraction of sp³-hybridized carbons (Fsp3) is 0.130. The number of hydrogen-bond donors (Lipinski definition) is 0. The predicted octanol–water partition coefficient (Wildman–Crippen LogP) is 4.60. The van der Waals surface area contributed by atoms with Crippen LogP contribution in [0.4, 0.5) is 0 Å². The molecular weight excluding hydrogens is 346 g/mol. The molecule has 3 aromatic carbocycles. The zero-order chi connectivity index (χ0) is 19.1. The molecule has 2 heterocycles. The number of hydrogen-bond acceptors (Lipinski definition) is 3. The van der Waals surface area contributed by atoms with Crippen molar-refractivity contribution in [1.29, 1.82) is 0 Å². The summed E-state index contributed by atoms with van der Waals surface area (Å²) in [5.74, 6) is 1.88. The Morgan fingerprint density at radius 2 is 1.11 bits per heavy atom. The number of para-hydroxylation sites is 4. The summed E-state index contributed by atoms with van der Waals surface area (Å²) in [4.78, 5) is 9.57. The van der Waals surface area contributed by atoms with Gasteiger partial charge in [-0.3, -0.25) is 0 Å². The molecule has 0 saturated carbocycles. The molecule has 5 aromatic rings. The molecule has 0 aliphatic carbocycles. The van der Waals surface area contributed by atoms with Gasteiger partial charge in [-0.15, -0.1) is 0 Å². The fourth-order valence-electron chi connectivity index (χ4n) is 3.83. The second-order valence-electron chi connectivity index (χ2n) is 6.94. The van der Waals surface area contributed by atoms with E-state index >= 15 is 0 Å². The zero-order valence-electron chi connectivity index (χ0n) is 15.9. The number of fused-ring (bicyclic) bond motifs is 2. The van der Waals surface area contributed by atoms with Gasteiger partial charge in [-0.05, 0) is 43.7 Å². The van der Waals surface area contributed by atoms with E-state index in [2.05, 4.69) is 75.1 Å². The van der Waals surface area contributed by atoms with Gasteiger partial charge in [-0.2, -0.15) is 0 Å². The molecule has 0 unspecified atom stereocenters. The quantitative estimate of drug-likeness (QED) is 0.466. The smallest absolute Gasteiger partial charge is 0.127 e. The summed E-state index contributed by atoms with van der Waals surface area (Å²) in [7, 11) is 0. The minimum atomic E-state index is 0.698. The van der Waals surface area contributed by atoms with Crippen LogP contribution in [0.15, 0.2) is 78.9 Å². The van der Waals surface area contributed by atoms with E-state index in [4.69, 9.17) is 9.97 Å². The van der Waals surface area contributed by atoms with E-state index in [0.29, 0.717) is 6.54 Å². The lowest BCUT2D eigenvalue weighted by Crippen LogP contribution is -2.40. The van der Waals surface area contributed by atoms with Crippen LogP contribution in [-0.4, -0.2) is 19.3 Å². The van der Waals surface area contributed by atoms with E-state index in [9.17, 15) is 0 Å². The third-order valence-electron chi connectivity index (χ3n) is 5.03. The summed E-state index contributed by atoms with van der Waals surface area (Å²) in [6.45, 7) is 4.79. The van der Waals surface area contributed by atoms with Gasteiger partial charge in [0.2, 0.25) is 0 Å². The Labute approximate surface area is 163 Å². The van der Waals surface area contributed by atoms with Gasteiger partial charge in [-0.25, -0.2) is 24.4 Å². The van der Waals surface area contributed by atoms with E-state index in [1.807, 2.05) is 32.0 Å². The van der Waals surface area contributed by atoms with Gasteiger partial charge in [0.05, 0.1) is 28.6 Å². The van der Waals surface area contributed by atoms with Gasteiger partial charge < -0.3 is 0 Å². The van der Waals surface area contributed by atoms with Crippen molar-refractivity contribution in [3.63, 3.8) is 0 Å². The molecule has 0 saturated heterocycles. The van der Waals surface area contributed by atoms with Crippen LogP contribution in [-0.2, 0) is 6.54 Å². The maximum atomic E-state index is 4.78.